The third kappa shape index (κ3) is 6.48. The monoisotopic (exact) mass is 548 g/mol. The molecule has 204 valence electrons. The Kier molecular flexibility index (Phi) is 7.75. The minimum atomic E-state index is -3.89. The molecule has 1 saturated heterocycles. The Balaban J connectivity index is 1.30. The second-order valence-electron chi connectivity index (χ2n) is 10.1. The van der Waals surface area contributed by atoms with Gasteiger partial charge in [0.1, 0.15) is 17.6 Å². The number of benzene rings is 2. The highest BCUT2D eigenvalue weighted by molar-refractivity contribution is 7.89. The maximum absolute atomic E-state index is 14.4. The van der Waals surface area contributed by atoms with E-state index in [2.05, 4.69) is 15.0 Å². The molecule has 0 spiro atoms. The Morgan fingerprint density at radius 3 is 2.53 bits per heavy atom. The normalized spacial score (nSPS) is 18.1. The van der Waals surface area contributed by atoms with E-state index in [-0.39, 0.29) is 36.8 Å². The number of sulfonamides is 1. The standard InChI is InChI=1S/C26H30F2N4O5S/c1-26(2,3)37-25(34)31-23-15-32(14-21(23)28)24(33)10-11-30-38(35,36)18-7-4-16(5-8-18)20-13-29-22-12-17(27)6-9-19(20)22/h4-9,12-13,21,23,29-30H,10-11,14-15H2,1-3H3,(H,31,34)/t21-,23+/m1/s1. The summed E-state index contributed by atoms with van der Waals surface area (Å²) in [7, 11) is -3.89. The van der Waals surface area contributed by atoms with Crippen molar-refractivity contribution in [2.45, 2.75) is 49.9 Å². The third-order valence-electron chi connectivity index (χ3n) is 6.05. The molecule has 3 N–H and O–H groups in total. The van der Waals surface area contributed by atoms with Gasteiger partial charge in [-0.3, -0.25) is 4.79 Å². The number of alkyl carbamates (subject to hydrolysis) is 1. The lowest BCUT2D eigenvalue weighted by molar-refractivity contribution is -0.130. The van der Waals surface area contributed by atoms with Crippen LogP contribution in [0.1, 0.15) is 27.2 Å². The predicted molar refractivity (Wildman–Crippen MR) is 138 cm³/mol. The number of hydrogen-bond acceptors (Lipinski definition) is 5. The molecule has 0 bridgehead atoms. The van der Waals surface area contributed by atoms with Crippen LogP contribution in [0.2, 0.25) is 0 Å². The number of fused-ring (bicyclic) bond motifs is 1. The lowest BCUT2D eigenvalue weighted by Gasteiger charge is -2.22. The number of alkyl halides is 1. The van der Waals surface area contributed by atoms with Crippen molar-refractivity contribution in [3.63, 3.8) is 0 Å². The number of H-pyrrole nitrogens is 1. The first-order chi connectivity index (χ1) is 17.8. The average molecular weight is 549 g/mol. The summed E-state index contributed by atoms with van der Waals surface area (Å²) < 4.78 is 60.8. The highest BCUT2D eigenvalue weighted by Crippen LogP contribution is 2.29. The molecule has 0 unspecified atom stereocenters. The van der Waals surface area contributed by atoms with Gasteiger partial charge in [0.2, 0.25) is 15.9 Å². The van der Waals surface area contributed by atoms with Crippen LogP contribution >= 0.6 is 0 Å². The predicted octanol–water partition coefficient (Wildman–Crippen LogP) is 3.72. The minimum Gasteiger partial charge on any atom is -0.444 e. The molecule has 1 aromatic heterocycles. The van der Waals surface area contributed by atoms with Gasteiger partial charge in [-0.15, -0.1) is 0 Å². The van der Waals surface area contributed by atoms with Gasteiger partial charge in [-0.1, -0.05) is 12.1 Å². The van der Waals surface area contributed by atoms with Crippen LogP contribution in [0.4, 0.5) is 13.6 Å². The number of halogens is 2. The second-order valence-corrected chi connectivity index (χ2v) is 11.9. The molecule has 2 heterocycles. The second kappa shape index (κ2) is 10.7. The maximum atomic E-state index is 14.4. The largest absolute Gasteiger partial charge is 0.444 e. The van der Waals surface area contributed by atoms with Crippen molar-refractivity contribution in [2.75, 3.05) is 19.6 Å². The summed E-state index contributed by atoms with van der Waals surface area (Å²) in [6.07, 6.45) is -0.671. The number of nitrogens with zero attached hydrogens (tertiary/aromatic N) is 1. The van der Waals surface area contributed by atoms with Crippen molar-refractivity contribution >= 4 is 32.9 Å². The highest BCUT2D eigenvalue weighted by Gasteiger charge is 2.37. The first-order valence-corrected chi connectivity index (χ1v) is 13.6. The molecule has 0 radical (unpaired) electrons. The average Bonchev–Trinajstić information content (AvgIpc) is 3.40. The SMILES string of the molecule is CC(C)(C)OC(=O)N[C@H]1CN(C(=O)CCNS(=O)(=O)c2ccc(-c3c[nH]c4cc(F)ccc34)cc2)C[C@H]1F. The van der Waals surface area contributed by atoms with Crippen LogP contribution in [0.5, 0.6) is 0 Å². The number of aromatic amines is 1. The molecule has 12 heteroatoms. The van der Waals surface area contributed by atoms with Gasteiger partial charge in [0.25, 0.3) is 0 Å². The Hall–Kier alpha value is -3.51. The topological polar surface area (TPSA) is 121 Å². The summed E-state index contributed by atoms with van der Waals surface area (Å²) in [5.74, 6) is -0.793. The zero-order valence-electron chi connectivity index (χ0n) is 21.3. The van der Waals surface area contributed by atoms with Crippen LogP contribution in [0.3, 0.4) is 0 Å². The Labute approximate surface area is 219 Å². The van der Waals surface area contributed by atoms with Gasteiger partial charge < -0.3 is 19.9 Å². The van der Waals surface area contributed by atoms with E-state index in [1.807, 2.05) is 0 Å². The molecule has 9 nitrogen and oxygen atoms in total. The fraction of sp³-hybridized carbons (Fsp3) is 0.385. The van der Waals surface area contributed by atoms with Gasteiger partial charge >= 0.3 is 6.09 Å². The number of rotatable bonds is 7. The van der Waals surface area contributed by atoms with E-state index in [0.29, 0.717) is 5.52 Å². The first-order valence-electron chi connectivity index (χ1n) is 12.1. The third-order valence-corrected chi connectivity index (χ3v) is 7.53. The molecule has 3 aromatic rings. The summed E-state index contributed by atoms with van der Waals surface area (Å²) in [6.45, 7) is 4.65. The van der Waals surface area contributed by atoms with Crippen molar-refractivity contribution in [1.82, 2.24) is 19.9 Å². The molecular weight excluding hydrogens is 518 g/mol. The number of carbonyl (C=O) groups is 2. The van der Waals surface area contributed by atoms with E-state index < -0.39 is 39.8 Å². The van der Waals surface area contributed by atoms with E-state index >= 15 is 0 Å². The molecule has 4 rings (SSSR count). The number of ether oxygens (including phenoxy) is 1. The lowest BCUT2D eigenvalue weighted by atomic mass is 10.1. The van der Waals surface area contributed by atoms with Crippen LogP contribution in [0.25, 0.3) is 22.0 Å². The summed E-state index contributed by atoms with van der Waals surface area (Å²) in [4.78, 5) is 28.7. The van der Waals surface area contributed by atoms with Crippen LogP contribution in [0, 0.1) is 5.82 Å². The molecule has 2 atom stereocenters. The number of nitrogens with one attached hydrogen (secondary N) is 3. The quantitative estimate of drug-likeness (QED) is 0.416. The van der Waals surface area contributed by atoms with Crippen LogP contribution in [-0.4, -0.2) is 67.8 Å². The number of hydrogen-bond donors (Lipinski definition) is 3. The van der Waals surface area contributed by atoms with Gasteiger partial charge in [-0.05, 0) is 56.7 Å². The van der Waals surface area contributed by atoms with E-state index in [1.54, 1.807) is 45.2 Å². The van der Waals surface area contributed by atoms with Crippen LogP contribution in [-0.2, 0) is 19.6 Å². The zero-order valence-corrected chi connectivity index (χ0v) is 22.1. The molecule has 2 aromatic carbocycles. The van der Waals surface area contributed by atoms with Crippen molar-refractivity contribution in [2.24, 2.45) is 0 Å². The number of aromatic nitrogens is 1. The smallest absolute Gasteiger partial charge is 0.408 e. The molecule has 1 aliphatic rings. The molecular formula is C26H30F2N4O5S. The van der Waals surface area contributed by atoms with E-state index in [0.717, 1.165) is 16.5 Å². The van der Waals surface area contributed by atoms with Crippen molar-refractivity contribution in [3.8, 4) is 11.1 Å². The first kappa shape index (κ1) is 27.5. The van der Waals surface area contributed by atoms with Gasteiger partial charge in [0, 0.05) is 42.2 Å². The minimum absolute atomic E-state index is 0.0196. The number of likely N-dealkylation sites (tertiary alicyclic amines) is 1. The van der Waals surface area contributed by atoms with Crippen LogP contribution < -0.4 is 10.0 Å². The number of carbonyl (C=O) groups excluding carboxylic acids is 2. The Morgan fingerprint density at radius 2 is 1.84 bits per heavy atom. The van der Waals surface area contributed by atoms with Crippen molar-refractivity contribution in [3.05, 3.63) is 54.5 Å². The Morgan fingerprint density at radius 1 is 1.13 bits per heavy atom. The van der Waals surface area contributed by atoms with Crippen molar-refractivity contribution in [1.29, 1.82) is 0 Å². The molecule has 1 aliphatic heterocycles. The summed E-state index contributed by atoms with van der Waals surface area (Å²) in [5, 5.41) is 3.24. The van der Waals surface area contributed by atoms with Crippen molar-refractivity contribution < 1.29 is 31.5 Å². The molecule has 1 fully saturated rings. The summed E-state index contributed by atoms with van der Waals surface area (Å²) >= 11 is 0. The van der Waals surface area contributed by atoms with E-state index in [4.69, 9.17) is 4.74 Å². The van der Waals surface area contributed by atoms with E-state index in [1.165, 1.54) is 29.2 Å². The van der Waals surface area contributed by atoms with Crippen LogP contribution in [0.15, 0.2) is 53.6 Å². The highest BCUT2D eigenvalue weighted by atomic mass is 32.2. The molecule has 0 saturated carbocycles. The zero-order chi connectivity index (χ0) is 27.7. The molecule has 2 amide bonds. The maximum Gasteiger partial charge on any atom is 0.408 e. The van der Waals surface area contributed by atoms with Gasteiger partial charge in [-0.25, -0.2) is 26.7 Å². The summed E-state index contributed by atoms with van der Waals surface area (Å²) in [5.41, 5.74) is 1.45. The summed E-state index contributed by atoms with van der Waals surface area (Å²) in [6, 6.07) is 9.69. The Bertz CT molecular complexity index is 1430. The lowest BCUT2D eigenvalue weighted by Crippen LogP contribution is -2.44. The van der Waals surface area contributed by atoms with Gasteiger partial charge in [0.05, 0.1) is 17.5 Å². The van der Waals surface area contributed by atoms with E-state index in [9.17, 15) is 26.8 Å². The van der Waals surface area contributed by atoms with Gasteiger partial charge in [-0.2, -0.15) is 0 Å². The van der Waals surface area contributed by atoms with Gasteiger partial charge in [0.15, 0.2) is 0 Å². The molecule has 38 heavy (non-hydrogen) atoms. The fourth-order valence-corrected chi connectivity index (χ4v) is 5.28. The number of amides is 2. The molecule has 0 aliphatic carbocycles. The fourth-order valence-electron chi connectivity index (χ4n) is 4.25.